The first-order valence-electron chi connectivity index (χ1n) is 9.21. The molecule has 1 heteroatoms. The van der Waals surface area contributed by atoms with Crippen LogP contribution in [0.3, 0.4) is 0 Å². The van der Waals surface area contributed by atoms with E-state index in [-0.39, 0.29) is 0 Å². The molecule has 0 spiro atoms. The van der Waals surface area contributed by atoms with Crippen LogP contribution in [0.25, 0.3) is 12.2 Å². The second-order valence-electron chi connectivity index (χ2n) is 7.86. The van der Waals surface area contributed by atoms with Crippen molar-refractivity contribution in [2.75, 3.05) is 0 Å². The Bertz CT molecular complexity index is 866. The van der Waals surface area contributed by atoms with Gasteiger partial charge in [-0.15, -0.1) is 0 Å². The Balaban J connectivity index is 1.78. The number of rotatable bonds is 2. The average Bonchev–Trinajstić information content (AvgIpc) is 3.08. The van der Waals surface area contributed by atoms with Gasteiger partial charge in [0.1, 0.15) is 0 Å². The second kappa shape index (κ2) is 6.20. The fourth-order valence-corrected chi connectivity index (χ4v) is 12.2. The van der Waals surface area contributed by atoms with E-state index in [1.54, 1.807) is 22.3 Å². The van der Waals surface area contributed by atoms with Gasteiger partial charge in [-0.2, -0.15) is 0 Å². The first kappa shape index (κ1) is 17.2. The number of hydrogen-bond donors (Lipinski definition) is 0. The molecule has 2 atom stereocenters. The molecule has 126 valence electrons. The van der Waals surface area contributed by atoms with Crippen LogP contribution in [0.15, 0.2) is 35.4 Å². The Morgan fingerprint density at radius 3 is 1.32 bits per heavy atom. The molecule has 0 saturated heterocycles. The number of fused-ring (bicyclic) bond motifs is 2. The van der Waals surface area contributed by atoms with Crippen LogP contribution in [-0.2, 0) is 22.9 Å². The molecule has 25 heavy (non-hydrogen) atoms. The molecular weight excluding hydrogens is 467 g/mol. The number of aryl methyl sites for hydroxylation is 4. The zero-order valence-corrected chi connectivity index (χ0v) is 19.7. The molecule has 0 amide bonds. The van der Waals surface area contributed by atoms with Crippen molar-refractivity contribution in [3.8, 4) is 0 Å². The van der Waals surface area contributed by atoms with Gasteiger partial charge in [-0.3, -0.25) is 0 Å². The first-order valence-corrected chi connectivity index (χ1v) is 13.4. The van der Waals surface area contributed by atoms with Crippen LogP contribution in [0.2, 0.25) is 0 Å². The van der Waals surface area contributed by atoms with E-state index in [9.17, 15) is 0 Å². The van der Waals surface area contributed by atoms with Crippen molar-refractivity contribution >= 4 is 12.2 Å². The summed E-state index contributed by atoms with van der Waals surface area (Å²) < 4.78 is 1.49. The molecule has 0 radical (unpaired) electrons. The predicted octanol–water partition coefficient (Wildman–Crippen LogP) is 6.62. The minimum absolute atomic E-state index is 0.745. The van der Waals surface area contributed by atoms with Gasteiger partial charge in [-0.1, -0.05) is 0 Å². The van der Waals surface area contributed by atoms with Gasteiger partial charge < -0.3 is 0 Å². The molecule has 0 nitrogen and oxygen atoms in total. The van der Waals surface area contributed by atoms with E-state index in [4.69, 9.17) is 0 Å². The standard InChI is InChI=1S/2C12H13.Hf/c2*1-8-6-11-9(2)4-5-10(3)12(11)7-8;/h2*4-7H,1-3H3;. The molecule has 0 bridgehead atoms. The van der Waals surface area contributed by atoms with Gasteiger partial charge >= 0.3 is 164 Å². The Kier molecular flexibility index (Phi) is 4.27. The molecule has 2 aromatic rings. The summed E-state index contributed by atoms with van der Waals surface area (Å²) in [5, 5.41) is 0. The summed E-state index contributed by atoms with van der Waals surface area (Å²) in [4.78, 5) is 0. The third kappa shape index (κ3) is 2.67. The fraction of sp³-hybridized carbons (Fsp3) is 0.333. The van der Waals surface area contributed by atoms with Crippen LogP contribution < -0.4 is 0 Å². The van der Waals surface area contributed by atoms with Crippen LogP contribution in [0.4, 0.5) is 0 Å². The Labute approximate surface area is 163 Å². The van der Waals surface area contributed by atoms with Gasteiger partial charge in [0.2, 0.25) is 0 Å². The van der Waals surface area contributed by atoms with Gasteiger partial charge in [-0.25, -0.2) is 0 Å². The molecule has 0 heterocycles. The maximum atomic E-state index is 2.48. The second-order valence-corrected chi connectivity index (χ2v) is 13.2. The fourth-order valence-electron chi connectivity index (χ4n) is 4.53. The zero-order valence-electron chi connectivity index (χ0n) is 16.1. The molecular formula is C24H26Hf. The summed E-state index contributed by atoms with van der Waals surface area (Å²) in [6.45, 7) is 13.9. The molecule has 2 unspecified atom stereocenters. The molecule has 2 aliphatic rings. The molecule has 2 aromatic carbocycles. The monoisotopic (exact) mass is 494 g/mol. The molecule has 0 aromatic heterocycles. The van der Waals surface area contributed by atoms with E-state index in [0.717, 1.165) is 7.35 Å². The third-order valence-electron chi connectivity index (χ3n) is 6.01. The summed E-state index contributed by atoms with van der Waals surface area (Å²) in [6, 6.07) is 9.24. The van der Waals surface area contributed by atoms with Crippen LogP contribution in [0.1, 0.15) is 65.7 Å². The molecule has 0 fully saturated rings. The van der Waals surface area contributed by atoms with Crippen molar-refractivity contribution in [3.63, 3.8) is 0 Å². The normalized spacial score (nSPS) is 20.9. The van der Waals surface area contributed by atoms with Crippen molar-refractivity contribution in [1.82, 2.24) is 0 Å². The molecule has 0 saturated carbocycles. The van der Waals surface area contributed by atoms with E-state index < -0.39 is 22.9 Å². The predicted molar refractivity (Wildman–Crippen MR) is 105 cm³/mol. The number of hydrogen-bond acceptors (Lipinski definition) is 0. The summed E-state index contributed by atoms with van der Waals surface area (Å²) in [7, 11) is 0. The molecule has 2 aliphatic carbocycles. The number of allylic oxidation sites excluding steroid dienone is 2. The van der Waals surface area contributed by atoms with Crippen LogP contribution in [0, 0.1) is 27.7 Å². The molecule has 0 aliphatic heterocycles. The summed E-state index contributed by atoms with van der Waals surface area (Å²) >= 11 is -0.981. The van der Waals surface area contributed by atoms with Gasteiger partial charge in [0.15, 0.2) is 0 Å². The summed E-state index contributed by atoms with van der Waals surface area (Å²) in [6.07, 6.45) is 4.96. The van der Waals surface area contributed by atoms with Gasteiger partial charge in [0.25, 0.3) is 0 Å². The van der Waals surface area contributed by atoms with Crippen molar-refractivity contribution in [2.45, 2.75) is 48.9 Å². The van der Waals surface area contributed by atoms with Crippen molar-refractivity contribution in [3.05, 3.63) is 79.9 Å². The van der Waals surface area contributed by atoms with Gasteiger partial charge in [0, 0.05) is 0 Å². The SMILES string of the molecule is CC1=Cc2c(C)ccc(C)c2[CH]1[Hf][CH]1C(C)=Cc2c(C)ccc(C)c21. The van der Waals surface area contributed by atoms with E-state index in [0.29, 0.717) is 0 Å². The average molecular weight is 493 g/mol. The van der Waals surface area contributed by atoms with Gasteiger partial charge in [-0.05, 0) is 0 Å². The Morgan fingerprint density at radius 1 is 0.560 bits per heavy atom. The first-order chi connectivity index (χ1) is 11.9. The van der Waals surface area contributed by atoms with E-state index >= 15 is 0 Å². The minimum atomic E-state index is -0.981. The topological polar surface area (TPSA) is 0 Å². The van der Waals surface area contributed by atoms with Crippen molar-refractivity contribution in [2.24, 2.45) is 0 Å². The van der Waals surface area contributed by atoms with E-state index in [1.165, 1.54) is 33.4 Å². The van der Waals surface area contributed by atoms with Crippen LogP contribution in [0.5, 0.6) is 0 Å². The molecule has 4 rings (SSSR count). The molecule has 0 N–H and O–H groups in total. The number of benzene rings is 2. The summed E-state index contributed by atoms with van der Waals surface area (Å²) in [5.74, 6) is 0. The van der Waals surface area contributed by atoms with E-state index in [1.807, 2.05) is 0 Å². The quantitative estimate of drug-likeness (QED) is 0.413. The van der Waals surface area contributed by atoms with Crippen molar-refractivity contribution in [1.29, 1.82) is 0 Å². The van der Waals surface area contributed by atoms with Crippen LogP contribution in [-0.4, -0.2) is 0 Å². The maximum absolute atomic E-state index is 2.48. The van der Waals surface area contributed by atoms with Crippen LogP contribution >= 0.6 is 0 Å². The van der Waals surface area contributed by atoms with E-state index in [2.05, 4.69) is 78.0 Å². The Morgan fingerprint density at radius 2 is 0.920 bits per heavy atom. The zero-order chi connectivity index (χ0) is 17.9. The third-order valence-corrected chi connectivity index (χ3v) is 13.8. The summed E-state index contributed by atoms with van der Waals surface area (Å²) in [5.41, 5.74) is 15.5. The van der Waals surface area contributed by atoms with Crippen molar-refractivity contribution < 1.29 is 22.9 Å². The Hall–Kier alpha value is -1.21. The van der Waals surface area contributed by atoms with Gasteiger partial charge in [0.05, 0.1) is 0 Å².